The van der Waals surface area contributed by atoms with Crippen LogP contribution in [0, 0.1) is 0 Å². The number of anilines is 3. The Kier molecular flexibility index (Phi) is 3.60. The topological polar surface area (TPSA) is 56.5 Å². The second kappa shape index (κ2) is 5.54. The van der Waals surface area contributed by atoms with Gasteiger partial charge in [-0.15, -0.1) is 11.8 Å². The zero-order valence-corrected chi connectivity index (χ0v) is 12.0. The Morgan fingerprint density at radius 3 is 2.50 bits per heavy atom. The number of nitrogens with one attached hydrogen (secondary N) is 1. The molecule has 2 aromatic carbocycles. The number of fused-ring (bicyclic) bond motifs is 1. The molecule has 0 radical (unpaired) electrons. The predicted octanol–water partition coefficient (Wildman–Crippen LogP) is 3.51. The maximum atomic E-state index is 6.08. The van der Waals surface area contributed by atoms with Crippen LogP contribution in [0.2, 0.25) is 0 Å². The number of rotatable bonds is 3. The number of hydrogen-bond acceptors (Lipinski definition) is 5. The summed E-state index contributed by atoms with van der Waals surface area (Å²) in [6, 6.07) is 11.8. The highest BCUT2D eigenvalue weighted by Crippen LogP contribution is 2.39. The lowest BCUT2D eigenvalue weighted by molar-refractivity contribution is 0.172. The van der Waals surface area contributed by atoms with Crippen LogP contribution in [0.15, 0.2) is 41.3 Å². The van der Waals surface area contributed by atoms with Gasteiger partial charge in [0, 0.05) is 17.0 Å². The Balaban J connectivity index is 1.94. The average molecular weight is 288 g/mol. The zero-order chi connectivity index (χ0) is 13.9. The van der Waals surface area contributed by atoms with E-state index in [0.717, 1.165) is 17.1 Å². The fourth-order valence-corrected chi connectivity index (χ4v) is 2.66. The Hall–Kier alpha value is -2.01. The van der Waals surface area contributed by atoms with E-state index in [1.807, 2.05) is 30.5 Å². The summed E-state index contributed by atoms with van der Waals surface area (Å²) in [4.78, 5) is 1.17. The average Bonchev–Trinajstić information content (AvgIpc) is 2.48. The first-order valence-corrected chi connectivity index (χ1v) is 7.59. The minimum absolute atomic E-state index is 0.564. The summed E-state index contributed by atoms with van der Waals surface area (Å²) in [5.74, 6) is 1.44. The molecule has 0 saturated heterocycles. The van der Waals surface area contributed by atoms with Gasteiger partial charge in [-0.25, -0.2) is 0 Å². The third-order valence-electron chi connectivity index (χ3n) is 3.09. The SMILES string of the molecule is CSc1ccccc1Nc1cc2c(cc1N)OCCO2. The molecular formula is C15H16N2O2S. The van der Waals surface area contributed by atoms with Gasteiger partial charge >= 0.3 is 0 Å². The van der Waals surface area contributed by atoms with Crippen molar-refractivity contribution in [3.05, 3.63) is 36.4 Å². The lowest BCUT2D eigenvalue weighted by Gasteiger charge is -2.21. The molecule has 0 aliphatic carbocycles. The van der Waals surface area contributed by atoms with Crippen molar-refractivity contribution in [1.29, 1.82) is 0 Å². The second-order valence-corrected chi connectivity index (χ2v) is 5.26. The van der Waals surface area contributed by atoms with Crippen molar-refractivity contribution < 1.29 is 9.47 Å². The molecule has 0 bridgehead atoms. The molecule has 20 heavy (non-hydrogen) atoms. The van der Waals surface area contributed by atoms with Gasteiger partial charge in [-0.2, -0.15) is 0 Å². The van der Waals surface area contributed by atoms with Crippen LogP contribution >= 0.6 is 11.8 Å². The van der Waals surface area contributed by atoms with Gasteiger partial charge in [-0.3, -0.25) is 0 Å². The molecule has 5 heteroatoms. The Bertz CT molecular complexity index is 631. The highest BCUT2D eigenvalue weighted by molar-refractivity contribution is 7.98. The van der Waals surface area contributed by atoms with Gasteiger partial charge in [-0.1, -0.05) is 12.1 Å². The molecule has 4 nitrogen and oxygen atoms in total. The Labute approximate surface area is 122 Å². The monoisotopic (exact) mass is 288 g/mol. The molecule has 1 heterocycles. The van der Waals surface area contributed by atoms with Crippen molar-refractivity contribution >= 4 is 28.8 Å². The van der Waals surface area contributed by atoms with Crippen LogP contribution in [-0.2, 0) is 0 Å². The first-order chi connectivity index (χ1) is 9.78. The largest absolute Gasteiger partial charge is 0.486 e. The predicted molar refractivity (Wildman–Crippen MR) is 83.4 cm³/mol. The second-order valence-electron chi connectivity index (χ2n) is 4.41. The highest BCUT2D eigenvalue weighted by Gasteiger charge is 2.15. The number of thioether (sulfide) groups is 1. The fourth-order valence-electron chi connectivity index (χ4n) is 2.11. The lowest BCUT2D eigenvalue weighted by atomic mass is 10.2. The van der Waals surface area contributed by atoms with E-state index in [-0.39, 0.29) is 0 Å². The lowest BCUT2D eigenvalue weighted by Crippen LogP contribution is -2.15. The van der Waals surface area contributed by atoms with Crippen LogP contribution in [0.1, 0.15) is 0 Å². The van der Waals surface area contributed by atoms with Gasteiger partial charge < -0.3 is 20.5 Å². The van der Waals surface area contributed by atoms with E-state index >= 15 is 0 Å². The van der Waals surface area contributed by atoms with E-state index < -0.39 is 0 Å². The van der Waals surface area contributed by atoms with Gasteiger partial charge in [0.2, 0.25) is 0 Å². The van der Waals surface area contributed by atoms with Crippen LogP contribution < -0.4 is 20.5 Å². The molecule has 1 aliphatic rings. The van der Waals surface area contributed by atoms with Gasteiger partial charge in [0.15, 0.2) is 11.5 Å². The zero-order valence-electron chi connectivity index (χ0n) is 11.2. The molecule has 0 saturated carbocycles. The summed E-state index contributed by atoms with van der Waals surface area (Å²) < 4.78 is 11.1. The van der Waals surface area contributed by atoms with Crippen LogP contribution in [0.4, 0.5) is 17.1 Å². The van der Waals surface area contributed by atoms with E-state index in [0.29, 0.717) is 24.7 Å². The van der Waals surface area contributed by atoms with Crippen molar-refractivity contribution in [3.63, 3.8) is 0 Å². The van der Waals surface area contributed by atoms with E-state index in [4.69, 9.17) is 15.2 Å². The molecular weight excluding hydrogens is 272 g/mol. The maximum absolute atomic E-state index is 6.08. The van der Waals surface area contributed by atoms with Gasteiger partial charge in [0.05, 0.1) is 17.1 Å². The van der Waals surface area contributed by atoms with E-state index in [9.17, 15) is 0 Å². The minimum atomic E-state index is 0.564. The minimum Gasteiger partial charge on any atom is -0.486 e. The van der Waals surface area contributed by atoms with Crippen LogP contribution in [0.25, 0.3) is 0 Å². The number of benzene rings is 2. The molecule has 2 aromatic rings. The Morgan fingerprint density at radius 2 is 1.75 bits per heavy atom. The van der Waals surface area contributed by atoms with Crippen LogP contribution in [0.5, 0.6) is 11.5 Å². The smallest absolute Gasteiger partial charge is 0.163 e. The molecule has 1 aliphatic heterocycles. The van der Waals surface area contributed by atoms with Crippen molar-refractivity contribution in [2.45, 2.75) is 4.90 Å². The Morgan fingerprint density at radius 1 is 1.05 bits per heavy atom. The molecule has 0 spiro atoms. The van der Waals surface area contributed by atoms with E-state index in [1.165, 1.54) is 4.90 Å². The van der Waals surface area contributed by atoms with Crippen molar-refractivity contribution in [3.8, 4) is 11.5 Å². The molecule has 0 atom stereocenters. The molecule has 3 N–H and O–H groups in total. The van der Waals surface area contributed by atoms with Crippen molar-refractivity contribution in [2.75, 3.05) is 30.5 Å². The summed E-state index contributed by atoms with van der Waals surface area (Å²) in [6.45, 7) is 1.13. The molecule has 104 valence electrons. The third kappa shape index (κ3) is 2.49. The highest BCUT2D eigenvalue weighted by atomic mass is 32.2. The quantitative estimate of drug-likeness (QED) is 0.668. The number of hydrogen-bond donors (Lipinski definition) is 2. The fraction of sp³-hybridized carbons (Fsp3) is 0.200. The number of nitrogens with two attached hydrogens (primary N) is 1. The number of nitrogen functional groups attached to an aromatic ring is 1. The number of ether oxygens (including phenoxy) is 2. The third-order valence-corrected chi connectivity index (χ3v) is 3.89. The standard InChI is InChI=1S/C15H16N2O2S/c1-20-15-5-3-2-4-11(15)17-12-9-14-13(8-10(12)16)18-6-7-19-14/h2-5,8-9,17H,6-7,16H2,1H3. The summed E-state index contributed by atoms with van der Waals surface area (Å²) >= 11 is 1.69. The summed E-state index contributed by atoms with van der Waals surface area (Å²) in [6.07, 6.45) is 2.05. The van der Waals surface area contributed by atoms with Crippen molar-refractivity contribution in [1.82, 2.24) is 0 Å². The van der Waals surface area contributed by atoms with Gasteiger partial charge in [0.25, 0.3) is 0 Å². The molecule has 0 unspecified atom stereocenters. The van der Waals surface area contributed by atoms with Crippen LogP contribution in [0.3, 0.4) is 0 Å². The summed E-state index contributed by atoms with van der Waals surface area (Å²) in [7, 11) is 0. The molecule has 0 amide bonds. The molecule has 0 aromatic heterocycles. The van der Waals surface area contributed by atoms with E-state index in [1.54, 1.807) is 17.8 Å². The number of para-hydroxylation sites is 1. The maximum Gasteiger partial charge on any atom is 0.163 e. The van der Waals surface area contributed by atoms with E-state index in [2.05, 4.69) is 11.4 Å². The van der Waals surface area contributed by atoms with Crippen molar-refractivity contribution in [2.24, 2.45) is 0 Å². The van der Waals surface area contributed by atoms with Crippen LogP contribution in [-0.4, -0.2) is 19.5 Å². The first-order valence-electron chi connectivity index (χ1n) is 6.37. The summed E-state index contributed by atoms with van der Waals surface area (Å²) in [5, 5.41) is 3.36. The van der Waals surface area contributed by atoms with Gasteiger partial charge in [-0.05, 0) is 18.4 Å². The molecule has 0 fully saturated rings. The first kappa shape index (κ1) is 13.0. The van der Waals surface area contributed by atoms with Gasteiger partial charge in [0.1, 0.15) is 13.2 Å². The summed E-state index contributed by atoms with van der Waals surface area (Å²) in [5.41, 5.74) is 8.58. The molecule has 3 rings (SSSR count). The normalized spacial score (nSPS) is 13.1.